The first-order chi connectivity index (χ1) is 18.2. The van der Waals surface area contributed by atoms with Crippen molar-refractivity contribution < 1.29 is 32.9 Å². The van der Waals surface area contributed by atoms with E-state index in [9.17, 15) is 23.5 Å². The molecule has 1 aromatic heterocycles. The largest absolute Gasteiger partial charge is 0.494 e. The number of hydrogen-bond acceptors (Lipinski definition) is 7. The van der Waals surface area contributed by atoms with Gasteiger partial charge in [-0.15, -0.1) is 0 Å². The number of para-hydroxylation sites is 1. The highest BCUT2D eigenvalue weighted by atomic mass is 19.1. The van der Waals surface area contributed by atoms with Gasteiger partial charge < -0.3 is 24.2 Å². The molecule has 0 bridgehead atoms. The van der Waals surface area contributed by atoms with Gasteiger partial charge in [0.2, 0.25) is 5.88 Å². The van der Waals surface area contributed by atoms with Gasteiger partial charge in [-0.05, 0) is 44.5 Å². The number of carbonyl (C=O) groups is 1. The van der Waals surface area contributed by atoms with Crippen LogP contribution in [0.5, 0.6) is 17.4 Å². The van der Waals surface area contributed by atoms with E-state index in [2.05, 4.69) is 4.98 Å². The second-order valence-corrected chi connectivity index (χ2v) is 9.11. The van der Waals surface area contributed by atoms with Crippen LogP contribution >= 0.6 is 0 Å². The van der Waals surface area contributed by atoms with Crippen LogP contribution in [0.1, 0.15) is 47.9 Å². The maximum absolute atomic E-state index is 14.4. The number of carbonyl (C=O) groups excluding carboxylic acids is 1. The third-order valence-electron chi connectivity index (χ3n) is 6.40. The van der Waals surface area contributed by atoms with Gasteiger partial charge in [0.25, 0.3) is 11.5 Å². The molecule has 1 saturated heterocycles. The fourth-order valence-corrected chi connectivity index (χ4v) is 4.60. The highest BCUT2D eigenvalue weighted by Crippen LogP contribution is 2.34. The molecule has 1 unspecified atom stereocenters. The highest BCUT2D eigenvalue weighted by Gasteiger charge is 2.35. The van der Waals surface area contributed by atoms with E-state index in [-0.39, 0.29) is 60.8 Å². The van der Waals surface area contributed by atoms with E-state index in [1.807, 2.05) is 0 Å². The lowest BCUT2D eigenvalue weighted by atomic mass is 9.97. The Kier molecular flexibility index (Phi) is 7.96. The van der Waals surface area contributed by atoms with E-state index in [1.54, 1.807) is 32.0 Å². The van der Waals surface area contributed by atoms with Gasteiger partial charge in [-0.25, -0.2) is 8.78 Å². The van der Waals surface area contributed by atoms with E-state index < -0.39 is 40.5 Å². The zero-order chi connectivity index (χ0) is 27.6. The second-order valence-electron chi connectivity index (χ2n) is 9.11. The first-order valence-electron chi connectivity index (χ1n) is 12.1. The number of rotatable bonds is 8. The molecule has 38 heavy (non-hydrogen) atoms. The molecule has 0 radical (unpaired) electrons. The Balaban J connectivity index is 1.81. The molecule has 4 rings (SSSR count). The molecule has 2 aromatic carbocycles. The maximum Gasteiger partial charge on any atom is 0.275 e. The topological polar surface area (TPSA) is 103 Å². The van der Waals surface area contributed by atoms with Crippen LogP contribution in [0.4, 0.5) is 8.78 Å². The quantitative estimate of drug-likeness (QED) is 0.474. The molecule has 1 aliphatic heterocycles. The van der Waals surface area contributed by atoms with Gasteiger partial charge >= 0.3 is 0 Å². The Hall–Kier alpha value is -3.99. The molecule has 9 nitrogen and oxygen atoms in total. The standard InChI is InChI=1S/C27H29F2N3O6/c1-15(2)38-14-21-30-25(33)23(27(35)32(21)24-19(36-3)9-6-10-20(24)37-4)26(34)31-12-11-16(13-31)22-17(28)7-5-8-18(22)29/h5-10,15-16,33H,11-14H2,1-4H3. The lowest BCUT2D eigenvalue weighted by Gasteiger charge is -2.21. The van der Waals surface area contributed by atoms with Crippen molar-refractivity contribution in [1.82, 2.24) is 14.5 Å². The molecule has 1 amide bonds. The molecule has 11 heteroatoms. The van der Waals surface area contributed by atoms with Crippen LogP contribution in [-0.4, -0.2) is 58.9 Å². The molecule has 0 saturated carbocycles. The Labute approximate surface area is 218 Å². The van der Waals surface area contributed by atoms with Crippen molar-refractivity contribution in [2.75, 3.05) is 27.3 Å². The summed E-state index contributed by atoms with van der Waals surface area (Å²) in [7, 11) is 2.83. The summed E-state index contributed by atoms with van der Waals surface area (Å²) in [5, 5.41) is 10.8. The van der Waals surface area contributed by atoms with Gasteiger partial charge in [-0.1, -0.05) is 12.1 Å². The summed E-state index contributed by atoms with van der Waals surface area (Å²) in [6.45, 7) is 3.53. The molecule has 2 heterocycles. The summed E-state index contributed by atoms with van der Waals surface area (Å²) in [6.07, 6.45) is 0.0655. The number of benzene rings is 2. The Morgan fingerprint density at radius 1 is 1.11 bits per heavy atom. The SMILES string of the molecule is COc1cccc(OC)c1-n1c(COC(C)C)nc(O)c(C(=O)N2CCC(c3c(F)cccc3F)C2)c1=O. The molecule has 1 fully saturated rings. The van der Waals surface area contributed by atoms with Crippen molar-refractivity contribution in [3.63, 3.8) is 0 Å². The van der Waals surface area contributed by atoms with Crippen LogP contribution in [0.3, 0.4) is 0 Å². The van der Waals surface area contributed by atoms with Crippen molar-refractivity contribution >= 4 is 5.91 Å². The molecular weight excluding hydrogens is 500 g/mol. The van der Waals surface area contributed by atoms with Crippen LogP contribution in [0, 0.1) is 11.6 Å². The molecule has 1 N–H and O–H groups in total. The molecule has 0 spiro atoms. The number of hydrogen-bond donors (Lipinski definition) is 1. The summed E-state index contributed by atoms with van der Waals surface area (Å²) in [5.41, 5.74) is -1.38. The van der Waals surface area contributed by atoms with E-state index in [0.717, 1.165) is 16.7 Å². The maximum atomic E-state index is 14.4. The smallest absolute Gasteiger partial charge is 0.275 e. The summed E-state index contributed by atoms with van der Waals surface area (Å²) in [4.78, 5) is 32.8. The van der Waals surface area contributed by atoms with Crippen LogP contribution in [0.25, 0.3) is 5.69 Å². The van der Waals surface area contributed by atoms with Gasteiger partial charge in [-0.3, -0.25) is 14.2 Å². The van der Waals surface area contributed by atoms with Gasteiger partial charge in [0.1, 0.15) is 41.3 Å². The van der Waals surface area contributed by atoms with Crippen molar-refractivity contribution in [2.45, 2.75) is 38.9 Å². The Morgan fingerprint density at radius 3 is 2.29 bits per heavy atom. The number of aromatic nitrogens is 2. The Morgan fingerprint density at radius 2 is 1.71 bits per heavy atom. The van der Waals surface area contributed by atoms with E-state index >= 15 is 0 Å². The van der Waals surface area contributed by atoms with Crippen LogP contribution in [0.2, 0.25) is 0 Å². The lowest BCUT2D eigenvalue weighted by molar-refractivity contribution is 0.0591. The summed E-state index contributed by atoms with van der Waals surface area (Å²) in [5.74, 6) is -3.04. The van der Waals surface area contributed by atoms with E-state index in [4.69, 9.17) is 14.2 Å². The fourth-order valence-electron chi connectivity index (χ4n) is 4.60. The predicted molar refractivity (Wildman–Crippen MR) is 134 cm³/mol. The highest BCUT2D eigenvalue weighted by molar-refractivity contribution is 5.96. The van der Waals surface area contributed by atoms with Gasteiger partial charge in [-0.2, -0.15) is 4.98 Å². The summed E-state index contributed by atoms with van der Waals surface area (Å²) < 4.78 is 46.4. The Bertz CT molecular complexity index is 1370. The molecule has 202 valence electrons. The summed E-state index contributed by atoms with van der Waals surface area (Å²) in [6, 6.07) is 8.49. The summed E-state index contributed by atoms with van der Waals surface area (Å²) >= 11 is 0. The average molecular weight is 530 g/mol. The van der Waals surface area contributed by atoms with Crippen molar-refractivity contribution in [1.29, 1.82) is 0 Å². The fraction of sp³-hybridized carbons (Fsp3) is 0.370. The number of likely N-dealkylation sites (tertiary alicyclic amines) is 1. The normalized spacial score (nSPS) is 15.2. The number of nitrogens with zero attached hydrogens (tertiary/aromatic N) is 3. The van der Waals surface area contributed by atoms with Crippen molar-refractivity contribution in [3.05, 3.63) is 75.3 Å². The molecule has 1 aliphatic rings. The second kappa shape index (κ2) is 11.2. The first-order valence-corrected chi connectivity index (χ1v) is 12.1. The average Bonchev–Trinajstić information content (AvgIpc) is 3.36. The zero-order valence-corrected chi connectivity index (χ0v) is 21.5. The van der Waals surface area contributed by atoms with E-state index in [0.29, 0.717) is 0 Å². The monoisotopic (exact) mass is 529 g/mol. The van der Waals surface area contributed by atoms with Crippen molar-refractivity contribution in [2.24, 2.45) is 0 Å². The molecule has 1 atom stereocenters. The van der Waals surface area contributed by atoms with E-state index in [1.165, 1.54) is 25.2 Å². The van der Waals surface area contributed by atoms with Gasteiger partial charge in [0.05, 0.1) is 20.3 Å². The first kappa shape index (κ1) is 27.1. The number of methoxy groups -OCH3 is 2. The van der Waals surface area contributed by atoms with Crippen LogP contribution in [-0.2, 0) is 11.3 Å². The lowest BCUT2D eigenvalue weighted by Crippen LogP contribution is -2.37. The molecule has 0 aliphatic carbocycles. The molecule has 3 aromatic rings. The number of ether oxygens (including phenoxy) is 3. The zero-order valence-electron chi connectivity index (χ0n) is 21.5. The predicted octanol–water partition coefficient (Wildman–Crippen LogP) is 3.79. The molecular formula is C27H29F2N3O6. The van der Waals surface area contributed by atoms with Crippen molar-refractivity contribution in [3.8, 4) is 23.1 Å². The minimum Gasteiger partial charge on any atom is -0.494 e. The minimum atomic E-state index is -0.867. The third kappa shape index (κ3) is 5.06. The van der Waals surface area contributed by atoms with Gasteiger partial charge in [0.15, 0.2) is 5.56 Å². The minimum absolute atomic E-state index is 0.0216. The third-order valence-corrected chi connectivity index (χ3v) is 6.40. The van der Waals surface area contributed by atoms with Gasteiger partial charge in [0, 0.05) is 24.6 Å². The van der Waals surface area contributed by atoms with Crippen LogP contribution in [0.15, 0.2) is 41.2 Å². The number of halogens is 2. The van der Waals surface area contributed by atoms with Crippen LogP contribution < -0.4 is 15.0 Å². The number of amides is 1. The number of aromatic hydroxyl groups is 1.